The lowest BCUT2D eigenvalue weighted by Gasteiger charge is -2.15. The molecule has 0 saturated heterocycles. The smallest absolute Gasteiger partial charge is 0.311 e. The summed E-state index contributed by atoms with van der Waals surface area (Å²) in [6.45, 7) is 1.78. The van der Waals surface area contributed by atoms with Crippen LogP contribution in [0.5, 0.6) is 5.75 Å². The van der Waals surface area contributed by atoms with Crippen LogP contribution in [0.4, 0.5) is 0 Å². The molecule has 1 atom stereocenters. The van der Waals surface area contributed by atoms with Crippen molar-refractivity contribution in [3.05, 3.63) is 65.9 Å². The number of carbonyl (C=O) groups is 1. The van der Waals surface area contributed by atoms with Gasteiger partial charge in [-0.05, 0) is 73.4 Å². The fraction of sp³-hybridized carbons (Fsp3) is 0.292. The first-order chi connectivity index (χ1) is 15.2. The number of hydrogen-bond donors (Lipinski definition) is 2. The summed E-state index contributed by atoms with van der Waals surface area (Å²) in [7, 11) is -1.75. The van der Waals surface area contributed by atoms with Crippen molar-refractivity contribution < 1.29 is 28.2 Å². The third kappa shape index (κ3) is 4.87. The lowest BCUT2D eigenvalue weighted by atomic mass is 9.94. The molecule has 1 unspecified atom stereocenters. The average Bonchev–Trinajstić information content (AvgIpc) is 3.10. The molecular formula is C24H27NO6S. The maximum atomic E-state index is 12.0. The molecule has 32 heavy (non-hydrogen) atoms. The molecule has 0 aliphatic carbocycles. The molecule has 1 heterocycles. The van der Waals surface area contributed by atoms with Crippen molar-refractivity contribution >= 4 is 15.8 Å². The molecule has 8 heteroatoms. The zero-order valence-electron chi connectivity index (χ0n) is 18.3. The van der Waals surface area contributed by atoms with Gasteiger partial charge in [-0.3, -0.25) is 4.79 Å². The SMILES string of the molecule is COc1ccc(-n2c(-c3ccc(S(C)(=O)=O)cc3)cc(C(CCCO)C(=O)O)c2C)cc1. The molecule has 0 saturated carbocycles. The normalized spacial score (nSPS) is 12.5. The molecular weight excluding hydrogens is 430 g/mol. The summed E-state index contributed by atoms with van der Waals surface area (Å²) >= 11 is 0. The van der Waals surface area contributed by atoms with E-state index < -0.39 is 21.7 Å². The summed E-state index contributed by atoms with van der Waals surface area (Å²) < 4.78 is 30.9. The molecule has 0 spiro atoms. The molecule has 3 rings (SSSR count). The fourth-order valence-corrected chi connectivity index (χ4v) is 4.47. The highest BCUT2D eigenvalue weighted by atomic mass is 32.2. The van der Waals surface area contributed by atoms with Crippen molar-refractivity contribution in [3.63, 3.8) is 0 Å². The van der Waals surface area contributed by atoms with Gasteiger partial charge < -0.3 is 19.5 Å². The van der Waals surface area contributed by atoms with Crippen molar-refractivity contribution in [1.82, 2.24) is 4.57 Å². The zero-order valence-corrected chi connectivity index (χ0v) is 19.1. The van der Waals surface area contributed by atoms with Crippen LogP contribution in [0.3, 0.4) is 0 Å². The highest BCUT2D eigenvalue weighted by molar-refractivity contribution is 7.90. The van der Waals surface area contributed by atoms with Gasteiger partial charge in [0.1, 0.15) is 5.75 Å². The van der Waals surface area contributed by atoms with E-state index in [9.17, 15) is 23.4 Å². The minimum Gasteiger partial charge on any atom is -0.497 e. The largest absolute Gasteiger partial charge is 0.497 e. The van der Waals surface area contributed by atoms with E-state index in [1.165, 1.54) is 0 Å². The Morgan fingerprint density at radius 1 is 1.09 bits per heavy atom. The lowest BCUT2D eigenvalue weighted by molar-refractivity contribution is -0.139. The molecule has 2 N–H and O–H groups in total. The number of aliphatic hydroxyl groups excluding tert-OH is 1. The molecule has 0 bridgehead atoms. The van der Waals surface area contributed by atoms with Crippen LogP contribution in [0.2, 0.25) is 0 Å². The van der Waals surface area contributed by atoms with E-state index in [2.05, 4.69) is 0 Å². The Hall–Kier alpha value is -3.10. The van der Waals surface area contributed by atoms with Crippen LogP contribution in [0.15, 0.2) is 59.5 Å². The van der Waals surface area contributed by atoms with Crippen LogP contribution in [0.1, 0.15) is 30.0 Å². The second-order valence-corrected chi connectivity index (χ2v) is 9.67. The van der Waals surface area contributed by atoms with Crippen LogP contribution in [0.25, 0.3) is 16.9 Å². The lowest BCUT2D eigenvalue weighted by Crippen LogP contribution is -2.13. The minimum atomic E-state index is -3.33. The number of nitrogens with zero attached hydrogens (tertiary/aromatic N) is 1. The third-order valence-corrected chi connectivity index (χ3v) is 6.65. The number of aliphatic carboxylic acids is 1. The predicted molar refractivity (Wildman–Crippen MR) is 122 cm³/mol. The molecule has 2 aromatic carbocycles. The van der Waals surface area contributed by atoms with Crippen LogP contribution in [-0.4, -0.2) is 49.1 Å². The topological polar surface area (TPSA) is 106 Å². The van der Waals surface area contributed by atoms with Crippen LogP contribution < -0.4 is 4.74 Å². The van der Waals surface area contributed by atoms with E-state index in [0.29, 0.717) is 24.2 Å². The summed E-state index contributed by atoms with van der Waals surface area (Å²) in [5.74, 6) is -1.02. The highest BCUT2D eigenvalue weighted by Crippen LogP contribution is 2.35. The molecule has 0 amide bonds. The third-order valence-electron chi connectivity index (χ3n) is 5.52. The standard InChI is InChI=1S/C24H27NO6S/c1-16-22(21(24(27)28)5-4-14-26)15-23(17-6-12-20(13-7-17)32(3,29)30)25(16)18-8-10-19(31-2)11-9-18/h6-13,15,21,26H,4-5,14H2,1-3H3,(H,27,28). The number of aromatic nitrogens is 1. The Morgan fingerprint density at radius 2 is 1.72 bits per heavy atom. The maximum Gasteiger partial charge on any atom is 0.311 e. The van der Waals surface area contributed by atoms with Crippen LogP contribution in [-0.2, 0) is 14.6 Å². The number of aliphatic hydroxyl groups is 1. The molecule has 0 aliphatic rings. The average molecular weight is 458 g/mol. The molecule has 3 aromatic rings. The van der Waals surface area contributed by atoms with Crippen LogP contribution >= 0.6 is 0 Å². The Morgan fingerprint density at radius 3 is 2.22 bits per heavy atom. The van der Waals surface area contributed by atoms with E-state index in [1.54, 1.807) is 31.4 Å². The first kappa shape index (κ1) is 23.6. The molecule has 0 fully saturated rings. The molecule has 7 nitrogen and oxygen atoms in total. The summed E-state index contributed by atoms with van der Waals surface area (Å²) in [5, 5.41) is 19.1. The van der Waals surface area contributed by atoms with E-state index in [1.807, 2.05) is 41.8 Å². The maximum absolute atomic E-state index is 12.0. The van der Waals surface area contributed by atoms with Crippen molar-refractivity contribution in [2.75, 3.05) is 20.0 Å². The number of hydrogen-bond acceptors (Lipinski definition) is 5. The molecule has 1 aromatic heterocycles. The molecule has 0 radical (unpaired) electrons. The number of rotatable bonds is 9. The van der Waals surface area contributed by atoms with Gasteiger partial charge in [-0.1, -0.05) is 12.1 Å². The number of carboxylic acid groups (broad SMARTS) is 1. The van der Waals surface area contributed by atoms with Gasteiger partial charge in [0.2, 0.25) is 0 Å². The highest BCUT2D eigenvalue weighted by Gasteiger charge is 2.26. The van der Waals surface area contributed by atoms with Crippen molar-refractivity contribution in [2.24, 2.45) is 0 Å². The zero-order chi connectivity index (χ0) is 23.5. The van der Waals surface area contributed by atoms with Crippen molar-refractivity contribution in [3.8, 4) is 22.7 Å². The fourth-order valence-electron chi connectivity index (χ4n) is 3.84. The van der Waals surface area contributed by atoms with Gasteiger partial charge in [0.05, 0.1) is 23.6 Å². The Kier molecular flexibility index (Phi) is 7.06. The number of ether oxygens (including phenoxy) is 1. The number of methoxy groups -OCH3 is 1. The second-order valence-electron chi connectivity index (χ2n) is 7.66. The van der Waals surface area contributed by atoms with E-state index >= 15 is 0 Å². The van der Waals surface area contributed by atoms with Gasteiger partial charge in [0, 0.05) is 24.2 Å². The summed E-state index contributed by atoms with van der Waals surface area (Å²) in [6.07, 6.45) is 1.84. The van der Waals surface area contributed by atoms with Crippen molar-refractivity contribution in [1.29, 1.82) is 0 Å². The minimum absolute atomic E-state index is 0.0815. The Labute approximate surface area is 187 Å². The summed E-state index contributed by atoms with van der Waals surface area (Å²) in [4.78, 5) is 12.2. The first-order valence-electron chi connectivity index (χ1n) is 10.2. The number of carboxylic acids is 1. The van der Waals surface area contributed by atoms with E-state index in [-0.39, 0.29) is 11.5 Å². The Balaban J connectivity index is 2.20. The summed E-state index contributed by atoms with van der Waals surface area (Å²) in [5.41, 5.74) is 3.75. The second kappa shape index (κ2) is 9.58. The van der Waals surface area contributed by atoms with E-state index in [0.717, 1.165) is 28.9 Å². The van der Waals surface area contributed by atoms with Gasteiger partial charge in [-0.2, -0.15) is 0 Å². The monoisotopic (exact) mass is 457 g/mol. The Bertz CT molecular complexity index is 1190. The first-order valence-corrected chi connectivity index (χ1v) is 12.1. The van der Waals surface area contributed by atoms with Gasteiger partial charge >= 0.3 is 5.97 Å². The van der Waals surface area contributed by atoms with Crippen LogP contribution in [0, 0.1) is 6.92 Å². The van der Waals surface area contributed by atoms with Gasteiger partial charge in [-0.15, -0.1) is 0 Å². The van der Waals surface area contributed by atoms with Gasteiger partial charge in [0.25, 0.3) is 0 Å². The number of benzene rings is 2. The quantitative estimate of drug-likeness (QED) is 0.506. The molecule has 0 aliphatic heterocycles. The van der Waals surface area contributed by atoms with Crippen molar-refractivity contribution in [2.45, 2.75) is 30.6 Å². The summed E-state index contributed by atoms with van der Waals surface area (Å²) in [6, 6.07) is 15.8. The number of sulfone groups is 1. The van der Waals surface area contributed by atoms with E-state index in [4.69, 9.17) is 4.74 Å². The van der Waals surface area contributed by atoms with Gasteiger partial charge in [-0.25, -0.2) is 8.42 Å². The predicted octanol–water partition coefficient (Wildman–Crippen LogP) is 3.81. The van der Waals surface area contributed by atoms with Gasteiger partial charge in [0.15, 0.2) is 9.84 Å². The molecule has 170 valence electrons.